The monoisotopic (exact) mass is 293 g/mol. The van der Waals surface area contributed by atoms with Gasteiger partial charge in [0.15, 0.2) is 9.84 Å². The topological polar surface area (TPSA) is 46.2 Å². The molecule has 1 N–H and O–H groups in total. The first-order valence-corrected chi connectivity index (χ1v) is 7.70. The van der Waals surface area contributed by atoms with Gasteiger partial charge in [0.05, 0.1) is 15.7 Å². The Morgan fingerprint density at radius 2 is 1.88 bits per heavy atom. The third kappa shape index (κ3) is 2.32. The van der Waals surface area contributed by atoms with E-state index in [1.807, 2.05) is 13.8 Å². The summed E-state index contributed by atoms with van der Waals surface area (Å²) in [4.78, 5) is 0.185. The fourth-order valence-electron chi connectivity index (χ4n) is 2.11. The minimum atomic E-state index is -3.33. The van der Waals surface area contributed by atoms with Gasteiger partial charge < -0.3 is 5.32 Å². The van der Waals surface area contributed by atoms with Gasteiger partial charge in [0.1, 0.15) is 0 Å². The normalized spacial score (nSPS) is 21.8. The van der Waals surface area contributed by atoms with E-state index in [4.69, 9.17) is 23.2 Å². The standard InChI is InChI=1S/C11H13Cl2NO2S/c1-6(2)14-9-5-17(15,16)11-8(13)4-3-7(12)10(9)11/h3-4,6,9,14H,5H2,1-2H3. The summed E-state index contributed by atoms with van der Waals surface area (Å²) in [5.41, 5.74) is 0.605. The van der Waals surface area contributed by atoms with E-state index in [0.29, 0.717) is 10.6 Å². The van der Waals surface area contributed by atoms with Crippen LogP contribution in [0, 0.1) is 0 Å². The number of sulfone groups is 1. The molecule has 2 rings (SSSR count). The van der Waals surface area contributed by atoms with Crippen molar-refractivity contribution in [3.05, 3.63) is 27.7 Å². The lowest BCUT2D eigenvalue weighted by molar-refractivity contribution is 0.508. The second kappa shape index (κ2) is 4.43. The zero-order chi connectivity index (χ0) is 12.8. The van der Waals surface area contributed by atoms with Crippen LogP contribution in [-0.4, -0.2) is 20.2 Å². The number of benzene rings is 1. The van der Waals surface area contributed by atoms with Crippen LogP contribution in [0.4, 0.5) is 0 Å². The van der Waals surface area contributed by atoms with Crippen LogP contribution in [0.2, 0.25) is 10.0 Å². The van der Waals surface area contributed by atoms with Gasteiger partial charge in [-0.3, -0.25) is 0 Å². The maximum atomic E-state index is 12.0. The Hall–Kier alpha value is -0.290. The number of halogens is 2. The number of hydrogen-bond acceptors (Lipinski definition) is 3. The van der Waals surface area contributed by atoms with Crippen molar-refractivity contribution >= 4 is 33.0 Å². The van der Waals surface area contributed by atoms with E-state index in [-0.39, 0.29) is 27.8 Å². The summed E-state index contributed by atoms with van der Waals surface area (Å²) in [6.07, 6.45) is 0. The molecule has 1 aromatic carbocycles. The van der Waals surface area contributed by atoms with Crippen LogP contribution in [0.15, 0.2) is 17.0 Å². The molecule has 0 amide bonds. The van der Waals surface area contributed by atoms with E-state index in [0.717, 1.165) is 0 Å². The van der Waals surface area contributed by atoms with Gasteiger partial charge >= 0.3 is 0 Å². The molecule has 1 aliphatic heterocycles. The molecule has 1 unspecified atom stereocenters. The van der Waals surface area contributed by atoms with E-state index >= 15 is 0 Å². The second-order valence-electron chi connectivity index (χ2n) is 4.43. The van der Waals surface area contributed by atoms with Crippen molar-refractivity contribution in [3.8, 4) is 0 Å². The number of fused-ring (bicyclic) bond motifs is 1. The van der Waals surface area contributed by atoms with Gasteiger partial charge in [0.2, 0.25) is 0 Å². The predicted octanol–water partition coefficient (Wildman–Crippen LogP) is 2.82. The lowest BCUT2D eigenvalue weighted by atomic mass is 10.1. The molecule has 0 saturated heterocycles. The van der Waals surface area contributed by atoms with Crippen LogP contribution in [-0.2, 0) is 9.84 Å². The molecule has 94 valence electrons. The van der Waals surface area contributed by atoms with Crippen molar-refractivity contribution in [3.63, 3.8) is 0 Å². The maximum absolute atomic E-state index is 12.0. The van der Waals surface area contributed by atoms with Crippen molar-refractivity contribution in [1.82, 2.24) is 5.32 Å². The number of rotatable bonds is 2. The highest BCUT2D eigenvalue weighted by atomic mass is 35.5. The van der Waals surface area contributed by atoms with Crippen LogP contribution in [0.25, 0.3) is 0 Å². The molecule has 0 aromatic heterocycles. The quantitative estimate of drug-likeness (QED) is 0.912. The molecule has 0 fully saturated rings. The van der Waals surface area contributed by atoms with Gasteiger partial charge in [-0.1, -0.05) is 37.0 Å². The number of hydrogen-bond donors (Lipinski definition) is 1. The molecule has 0 aliphatic carbocycles. The lowest BCUT2D eigenvalue weighted by Crippen LogP contribution is -2.29. The SMILES string of the molecule is CC(C)NC1CS(=O)(=O)c2c(Cl)ccc(Cl)c21. The summed E-state index contributed by atoms with van der Waals surface area (Å²) in [7, 11) is -3.33. The zero-order valence-electron chi connectivity index (χ0n) is 9.50. The summed E-state index contributed by atoms with van der Waals surface area (Å²) in [5.74, 6) is 0.0178. The van der Waals surface area contributed by atoms with Crippen molar-refractivity contribution in [2.24, 2.45) is 0 Å². The van der Waals surface area contributed by atoms with Crippen LogP contribution in [0.5, 0.6) is 0 Å². The first-order valence-electron chi connectivity index (χ1n) is 5.29. The molecule has 1 atom stereocenters. The number of nitrogens with one attached hydrogen (secondary N) is 1. The van der Waals surface area contributed by atoms with Gasteiger partial charge in [-0.15, -0.1) is 0 Å². The third-order valence-electron chi connectivity index (χ3n) is 2.67. The van der Waals surface area contributed by atoms with Gasteiger partial charge in [0.25, 0.3) is 0 Å². The highest BCUT2D eigenvalue weighted by Crippen LogP contribution is 2.42. The highest BCUT2D eigenvalue weighted by molar-refractivity contribution is 7.92. The Morgan fingerprint density at radius 1 is 1.29 bits per heavy atom. The molecule has 1 heterocycles. The Kier molecular flexibility index (Phi) is 3.42. The van der Waals surface area contributed by atoms with Crippen molar-refractivity contribution in [1.29, 1.82) is 0 Å². The van der Waals surface area contributed by atoms with E-state index in [1.165, 1.54) is 6.07 Å². The largest absolute Gasteiger partial charge is 0.307 e. The Labute approximate surface area is 111 Å². The first-order chi connectivity index (χ1) is 7.83. The summed E-state index contributed by atoms with van der Waals surface area (Å²) in [6.45, 7) is 3.92. The fourth-order valence-corrected chi connectivity index (χ4v) is 4.79. The molecule has 17 heavy (non-hydrogen) atoms. The second-order valence-corrected chi connectivity index (χ2v) is 7.21. The zero-order valence-corrected chi connectivity index (χ0v) is 11.8. The van der Waals surface area contributed by atoms with Gasteiger partial charge in [-0.25, -0.2) is 8.42 Å². The maximum Gasteiger partial charge on any atom is 0.182 e. The highest BCUT2D eigenvalue weighted by Gasteiger charge is 2.38. The van der Waals surface area contributed by atoms with Gasteiger partial charge in [0, 0.05) is 22.7 Å². The van der Waals surface area contributed by atoms with Crippen molar-refractivity contribution in [2.75, 3.05) is 5.75 Å². The molecule has 0 saturated carbocycles. The van der Waals surface area contributed by atoms with Crippen LogP contribution in [0.3, 0.4) is 0 Å². The summed E-state index contributed by atoms with van der Waals surface area (Å²) < 4.78 is 24.1. The molecule has 0 radical (unpaired) electrons. The van der Waals surface area contributed by atoms with Crippen molar-refractivity contribution < 1.29 is 8.42 Å². The van der Waals surface area contributed by atoms with E-state index in [1.54, 1.807) is 6.07 Å². The molecule has 1 aliphatic rings. The Bertz CT molecular complexity index is 555. The first kappa shape index (κ1) is 13.1. The van der Waals surface area contributed by atoms with E-state index in [9.17, 15) is 8.42 Å². The average Bonchev–Trinajstić information content (AvgIpc) is 2.44. The van der Waals surface area contributed by atoms with Crippen LogP contribution < -0.4 is 5.32 Å². The van der Waals surface area contributed by atoms with E-state index in [2.05, 4.69) is 5.32 Å². The molecule has 0 bridgehead atoms. The molecule has 6 heteroatoms. The third-order valence-corrected chi connectivity index (χ3v) is 5.27. The van der Waals surface area contributed by atoms with E-state index < -0.39 is 9.84 Å². The average molecular weight is 294 g/mol. The minimum absolute atomic E-state index is 0.0178. The van der Waals surface area contributed by atoms with Gasteiger partial charge in [-0.05, 0) is 12.1 Å². The smallest absolute Gasteiger partial charge is 0.182 e. The van der Waals surface area contributed by atoms with Gasteiger partial charge in [-0.2, -0.15) is 0 Å². The molecular weight excluding hydrogens is 281 g/mol. The summed E-state index contributed by atoms with van der Waals surface area (Å²) >= 11 is 12.0. The molecule has 1 aromatic rings. The fraction of sp³-hybridized carbons (Fsp3) is 0.455. The predicted molar refractivity (Wildman–Crippen MR) is 69.5 cm³/mol. The molecule has 3 nitrogen and oxygen atoms in total. The van der Waals surface area contributed by atoms with Crippen LogP contribution >= 0.6 is 23.2 Å². The Balaban J connectivity index is 2.61. The summed E-state index contributed by atoms with van der Waals surface area (Å²) in [5, 5.41) is 3.89. The Morgan fingerprint density at radius 3 is 2.47 bits per heavy atom. The van der Waals surface area contributed by atoms with Crippen molar-refractivity contribution in [2.45, 2.75) is 30.8 Å². The molecular formula is C11H13Cl2NO2S. The molecule has 0 spiro atoms. The summed E-state index contributed by atoms with van der Waals surface area (Å²) in [6, 6.07) is 3.06. The van der Waals surface area contributed by atoms with Crippen LogP contribution in [0.1, 0.15) is 25.5 Å². The lowest BCUT2D eigenvalue weighted by Gasteiger charge is -2.16. The minimum Gasteiger partial charge on any atom is -0.307 e.